The Morgan fingerprint density at radius 3 is 2.57 bits per heavy atom. The van der Waals surface area contributed by atoms with E-state index in [1.807, 2.05) is 12.1 Å². The third kappa shape index (κ3) is 3.16. The van der Waals surface area contributed by atoms with Gasteiger partial charge in [0.1, 0.15) is 0 Å². The number of imide groups is 1. The van der Waals surface area contributed by atoms with Crippen LogP contribution in [0.1, 0.15) is 26.3 Å². The molecule has 4 rings (SSSR count). The molecule has 0 aliphatic carbocycles. The Kier molecular flexibility index (Phi) is 4.44. The molecule has 1 aliphatic rings. The van der Waals surface area contributed by atoms with E-state index in [9.17, 15) is 14.4 Å². The highest BCUT2D eigenvalue weighted by molar-refractivity contribution is 6.30. The quantitative estimate of drug-likeness (QED) is 0.689. The first-order valence-corrected chi connectivity index (χ1v) is 8.87. The Balaban J connectivity index is 1.50. The Morgan fingerprint density at radius 1 is 1.07 bits per heavy atom. The van der Waals surface area contributed by atoms with Gasteiger partial charge in [-0.2, -0.15) is 5.10 Å². The van der Waals surface area contributed by atoms with Gasteiger partial charge in [-0.1, -0.05) is 23.7 Å². The maximum Gasteiger partial charge on any atom is 0.261 e. The number of nitrogens with zero attached hydrogens (tertiary/aromatic N) is 3. The van der Waals surface area contributed by atoms with Crippen LogP contribution in [0.4, 0.5) is 5.82 Å². The molecular weight excluding hydrogens is 380 g/mol. The summed E-state index contributed by atoms with van der Waals surface area (Å²) in [6.07, 6.45) is 1.68. The fourth-order valence-electron chi connectivity index (χ4n) is 3.11. The minimum Gasteiger partial charge on any atom is -0.309 e. The number of nitrogens with one attached hydrogen (secondary N) is 1. The van der Waals surface area contributed by atoms with Gasteiger partial charge in [-0.25, -0.2) is 4.68 Å². The highest BCUT2D eigenvalue weighted by atomic mass is 35.5. The van der Waals surface area contributed by atoms with Crippen LogP contribution < -0.4 is 5.32 Å². The molecule has 0 atom stereocenters. The average molecular weight is 395 g/mol. The number of aromatic nitrogens is 2. The van der Waals surface area contributed by atoms with Gasteiger partial charge >= 0.3 is 0 Å². The van der Waals surface area contributed by atoms with Gasteiger partial charge in [-0.3, -0.25) is 19.3 Å². The number of carbonyl (C=O) groups excluding carboxylic acids is 3. The lowest BCUT2D eigenvalue weighted by Gasteiger charge is -2.07. The maximum absolute atomic E-state index is 12.5. The molecule has 8 heteroatoms. The Labute approximate surface area is 165 Å². The third-order valence-corrected chi connectivity index (χ3v) is 4.76. The van der Waals surface area contributed by atoms with E-state index in [4.69, 9.17) is 11.6 Å². The molecule has 3 aromatic rings. The molecule has 140 valence electrons. The summed E-state index contributed by atoms with van der Waals surface area (Å²) < 4.78 is 1.61. The van der Waals surface area contributed by atoms with Crippen LogP contribution in [0.5, 0.6) is 0 Å². The van der Waals surface area contributed by atoms with E-state index < -0.39 is 5.91 Å². The minimum absolute atomic E-state index is 0.0379. The van der Waals surface area contributed by atoms with Crippen LogP contribution in [0.2, 0.25) is 5.02 Å². The van der Waals surface area contributed by atoms with Crippen LogP contribution in [-0.2, 0) is 11.2 Å². The standard InChI is InChI=1S/C20H15ClN4O3/c1-24-19(27)15-4-2-3-12(18(15)20(24)28)11-17(26)22-16-9-10-25(23-16)14-7-5-13(21)6-8-14/h2-10H,11H2,1H3,(H,22,23,26). The van der Waals surface area contributed by atoms with Gasteiger partial charge < -0.3 is 5.32 Å². The molecule has 1 aliphatic heterocycles. The summed E-state index contributed by atoms with van der Waals surface area (Å²) >= 11 is 5.88. The molecule has 2 aromatic carbocycles. The topological polar surface area (TPSA) is 84.3 Å². The fraction of sp³-hybridized carbons (Fsp3) is 0.100. The number of anilines is 1. The highest BCUT2D eigenvalue weighted by Crippen LogP contribution is 2.25. The Morgan fingerprint density at radius 2 is 1.82 bits per heavy atom. The second-order valence-corrected chi connectivity index (χ2v) is 6.79. The molecule has 1 N–H and O–H groups in total. The van der Waals surface area contributed by atoms with Crippen LogP contribution in [-0.4, -0.2) is 39.4 Å². The van der Waals surface area contributed by atoms with Crippen LogP contribution in [0, 0.1) is 0 Å². The molecule has 0 radical (unpaired) electrons. The minimum atomic E-state index is -0.393. The van der Waals surface area contributed by atoms with Gasteiger partial charge in [-0.15, -0.1) is 0 Å². The number of benzene rings is 2. The van der Waals surface area contributed by atoms with Crippen molar-refractivity contribution in [1.82, 2.24) is 14.7 Å². The van der Waals surface area contributed by atoms with Crippen LogP contribution in [0.15, 0.2) is 54.7 Å². The predicted molar refractivity (Wildman–Crippen MR) is 104 cm³/mol. The van der Waals surface area contributed by atoms with Crippen LogP contribution in [0.25, 0.3) is 5.69 Å². The zero-order valence-corrected chi connectivity index (χ0v) is 15.6. The monoisotopic (exact) mass is 394 g/mol. The van der Waals surface area contributed by atoms with Crippen LogP contribution >= 0.6 is 11.6 Å². The molecule has 0 saturated heterocycles. The van der Waals surface area contributed by atoms with E-state index in [2.05, 4.69) is 10.4 Å². The van der Waals surface area contributed by atoms with Gasteiger partial charge in [-0.05, 0) is 35.9 Å². The van der Waals surface area contributed by atoms with Crippen molar-refractivity contribution < 1.29 is 14.4 Å². The van der Waals surface area contributed by atoms with Crippen molar-refractivity contribution in [2.45, 2.75) is 6.42 Å². The maximum atomic E-state index is 12.5. The molecule has 3 amide bonds. The normalized spacial score (nSPS) is 13.0. The summed E-state index contributed by atoms with van der Waals surface area (Å²) in [6.45, 7) is 0. The molecule has 0 unspecified atom stereocenters. The molecular formula is C20H15ClN4O3. The van der Waals surface area contributed by atoms with Gasteiger partial charge in [0.15, 0.2) is 5.82 Å². The number of hydrogen-bond donors (Lipinski definition) is 1. The number of hydrogen-bond acceptors (Lipinski definition) is 4. The van der Waals surface area contributed by atoms with Crippen molar-refractivity contribution in [2.24, 2.45) is 0 Å². The van der Waals surface area contributed by atoms with E-state index in [0.717, 1.165) is 10.6 Å². The molecule has 0 spiro atoms. The van der Waals surface area contributed by atoms with Gasteiger partial charge in [0, 0.05) is 24.3 Å². The smallest absolute Gasteiger partial charge is 0.261 e. The first-order valence-electron chi connectivity index (χ1n) is 8.50. The van der Waals surface area contributed by atoms with E-state index in [1.54, 1.807) is 47.3 Å². The lowest BCUT2D eigenvalue weighted by atomic mass is 10.00. The van der Waals surface area contributed by atoms with E-state index in [1.165, 1.54) is 7.05 Å². The Bertz CT molecular complexity index is 1100. The van der Waals surface area contributed by atoms with Crippen molar-refractivity contribution in [3.05, 3.63) is 76.4 Å². The molecule has 0 bridgehead atoms. The first-order chi connectivity index (χ1) is 13.4. The molecule has 1 aromatic heterocycles. The third-order valence-electron chi connectivity index (χ3n) is 4.50. The molecule has 2 heterocycles. The molecule has 28 heavy (non-hydrogen) atoms. The van der Waals surface area contributed by atoms with Crippen molar-refractivity contribution in [3.8, 4) is 5.69 Å². The van der Waals surface area contributed by atoms with E-state index in [-0.39, 0.29) is 23.8 Å². The summed E-state index contributed by atoms with van der Waals surface area (Å²) in [5.74, 6) is -0.698. The Hall–Kier alpha value is -3.45. The van der Waals surface area contributed by atoms with Crippen molar-refractivity contribution in [2.75, 3.05) is 12.4 Å². The summed E-state index contributed by atoms with van der Waals surface area (Å²) in [5, 5.41) is 7.65. The number of amides is 3. The number of rotatable bonds is 4. The first kappa shape index (κ1) is 17.9. The zero-order valence-electron chi connectivity index (χ0n) is 14.8. The summed E-state index contributed by atoms with van der Waals surface area (Å²) in [7, 11) is 1.43. The van der Waals surface area contributed by atoms with Gasteiger partial charge in [0.05, 0.1) is 23.2 Å². The largest absolute Gasteiger partial charge is 0.309 e. The second-order valence-electron chi connectivity index (χ2n) is 6.36. The predicted octanol–water partition coefficient (Wildman–Crippen LogP) is 2.93. The molecule has 7 nitrogen and oxygen atoms in total. The summed E-state index contributed by atoms with van der Waals surface area (Å²) in [6, 6.07) is 13.7. The number of halogens is 1. The molecule has 0 saturated carbocycles. The van der Waals surface area contributed by atoms with Gasteiger partial charge in [0.25, 0.3) is 11.8 Å². The highest BCUT2D eigenvalue weighted by Gasteiger charge is 2.34. The zero-order chi connectivity index (χ0) is 19.8. The average Bonchev–Trinajstić information content (AvgIpc) is 3.22. The van der Waals surface area contributed by atoms with Gasteiger partial charge in [0.2, 0.25) is 5.91 Å². The molecule has 0 fully saturated rings. The van der Waals surface area contributed by atoms with E-state index >= 15 is 0 Å². The second kappa shape index (κ2) is 6.94. The lowest BCUT2D eigenvalue weighted by Crippen LogP contribution is -2.24. The SMILES string of the molecule is CN1C(=O)c2cccc(CC(=O)Nc3ccn(-c4ccc(Cl)cc4)n3)c2C1=O. The number of fused-ring (bicyclic) bond motifs is 1. The van der Waals surface area contributed by atoms with Crippen molar-refractivity contribution in [1.29, 1.82) is 0 Å². The van der Waals surface area contributed by atoms with Crippen molar-refractivity contribution >= 4 is 35.1 Å². The van der Waals surface area contributed by atoms with Crippen molar-refractivity contribution in [3.63, 3.8) is 0 Å². The fourth-order valence-corrected chi connectivity index (χ4v) is 3.23. The lowest BCUT2D eigenvalue weighted by molar-refractivity contribution is -0.115. The number of carbonyl (C=O) groups is 3. The summed E-state index contributed by atoms with van der Waals surface area (Å²) in [4.78, 5) is 37.9. The van der Waals surface area contributed by atoms with Crippen LogP contribution in [0.3, 0.4) is 0 Å². The van der Waals surface area contributed by atoms with E-state index in [0.29, 0.717) is 22.0 Å². The summed E-state index contributed by atoms with van der Waals surface area (Å²) in [5.41, 5.74) is 1.93.